The molecule has 1 rings (SSSR count). The van der Waals surface area contributed by atoms with Gasteiger partial charge in [-0.1, -0.05) is 19.9 Å². The molecule has 0 aliphatic rings. The number of nitrogens with one attached hydrogen (secondary N) is 2. The normalized spacial score (nSPS) is 13.7. The Morgan fingerprint density at radius 1 is 1.07 bits per heavy atom. The highest BCUT2D eigenvalue weighted by molar-refractivity contribution is 14.0. The van der Waals surface area contributed by atoms with Crippen LogP contribution in [-0.4, -0.2) is 58.8 Å². The molecule has 0 aromatic heterocycles. The summed E-state index contributed by atoms with van der Waals surface area (Å²) in [6.07, 6.45) is 2.34. The van der Waals surface area contributed by atoms with E-state index < -0.39 is 0 Å². The Morgan fingerprint density at radius 2 is 1.71 bits per heavy atom. The van der Waals surface area contributed by atoms with Crippen molar-refractivity contribution in [2.24, 2.45) is 10.9 Å². The molecule has 0 aliphatic heterocycles. The molecule has 0 saturated carbocycles. The molecule has 162 valence electrons. The molecule has 28 heavy (non-hydrogen) atoms. The van der Waals surface area contributed by atoms with Gasteiger partial charge in [-0.25, -0.2) is 0 Å². The molecule has 0 spiro atoms. The van der Waals surface area contributed by atoms with Crippen molar-refractivity contribution in [2.75, 3.05) is 41.9 Å². The van der Waals surface area contributed by atoms with Crippen LogP contribution < -0.4 is 20.1 Å². The fourth-order valence-corrected chi connectivity index (χ4v) is 2.94. The lowest BCUT2D eigenvalue weighted by molar-refractivity contribution is 0.295. The van der Waals surface area contributed by atoms with E-state index in [1.54, 1.807) is 14.2 Å². The van der Waals surface area contributed by atoms with Gasteiger partial charge in [0.25, 0.3) is 0 Å². The van der Waals surface area contributed by atoms with Crippen molar-refractivity contribution in [1.82, 2.24) is 15.5 Å². The van der Waals surface area contributed by atoms with Gasteiger partial charge in [-0.15, -0.1) is 24.0 Å². The Balaban J connectivity index is 0.00000729. The van der Waals surface area contributed by atoms with Gasteiger partial charge in [0.15, 0.2) is 17.5 Å². The van der Waals surface area contributed by atoms with Crippen LogP contribution in [0, 0.1) is 5.92 Å². The van der Waals surface area contributed by atoms with E-state index in [9.17, 15) is 0 Å². The first-order valence-electron chi connectivity index (χ1n) is 9.67. The lowest BCUT2D eigenvalue weighted by Gasteiger charge is -2.27. The number of hydrogen-bond donors (Lipinski definition) is 2. The number of aliphatic imine (C=N–C) groups is 1. The SMILES string of the molecule is CN=C(NCC(c1ccc(OC)c(OC)c1)N(C)C)NC(C)CCC(C)C.I. The number of hydrogen-bond acceptors (Lipinski definition) is 4. The number of guanidine groups is 1. The second-order valence-electron chi connectivity index (χ2n) is 7.56. The molecule has 6 nitrogen and oxygen atoms in total. The van der Waals surface area contributed by atoms with Crippen molar-refractivity contribution >= 4 is 29.9 Å². The summed E-state index contributed by atoms with van der Waals surface area (Å²) in [6.45, 7) is 7.45. The molecule has 2 N–H and O–H groups in total. The second-order valence-corrected chi connectivity index (χ2v) is 7.56. The molecule has 0 aliphatic carbocycles. The van der Waals surface area contributed by atoms with E-state index in [1.165, 1.54) is 6.42 Å². The lowest BCUT2D eigenvalue weighted by atomic mass is 10.0. The van der Waals surface area contributed by atoms with E-state index in [4.69, 9.17) is 9.47 Å². The topological polar surface area (TPSA) is 58.1 Å². The molecule has 0 radical (unpaired) electrons. The molecule has 1 aromatic rings. The fourth-order valence-electron chi connectivity index (χ4n) is 2.94. The Hall–Kier alpha value is -1.22. The third-order valence-electron chi connectivity index (χ3n) is 4.66. The monoisotopic (exact) mass is 506 g/mol. The first-order chi connectivity index (χ1) is 12.8. The predicted octanol–water partition coefficient (Wildman–Crippen LogP) is 3.91. The number of likely N-dealkylation sites (N-methyl/N-ethyl adjacent to an activating group) is 1. The zero-order valence-corrected chi connectivity index (χ0v) is 21.0. The van der Waals surface area contributed by atoms with Gasteiger partial charge >= 0.3 is 0 Å². The molecule has 0 fully saturated rings. The summed E-state index contributed by atoms with van der Waals surface area (Å²) >= 11 is 0. The van der Waals surface area contributed by atoms with Gasteiger partial charge in [-0.3, -0.25) is 4.99 Å². The zero-order valence-electron chi connectivity index (χ0n) is 18.7. The summed E-state index contributed by atoms with van der Waals surface area (Å²) < 4.78 is 10.8. The minimum absolute atomic E-state index is 0. The fraction of sp³-hybridized carbons (Fsp3) is 0.667. The quantitative estimate of drug-likeness (QED) is 0.286. The largest absolute Gasteiger partial charge is 0.493 e. The molecule has 1 aromatic carbocycles. The number of nitrogens with zero attached hydrogens (tertiary/aromatic N) is 2. The van der Waals surface area contributed by atoms with Gasteiger partial charge in [0.05, 0.1) is 20.3 Å². The van der Waals surface area contributed by atoms with Crippen LogP contribution in [0.2, 0.25) is 0 Å². The Bertz CT molecular complexity index is 594. The van der Waals surface area contributed by atoms with Gasteiger partial charge in [0.1, 0.15) is 0 Å². The molecule has 2 atom stereocenters. The summed E-state index contributed by atoms with van der Waals surface area (Å²) in [6, 6.07) is 6.62. The molecule has 2 unspecified atom stereocenters. The molecule has 7 heteroatoms. The van der Waals surface area contributed by atoms with Crippen LogP contribution in [0.25, 0.3) is 0 Å². The molecule has 0 bridgehead atoms. The molecular formula is C21H39IN4O2. The van der Waals surface area contributed by atoms with Crippen LogP contribution >= 0.6 is 24.0 Å². The summed E-state index contributed by atoms with van der Waals surface area (Å²) in [5, 5.41) is 6.94. The Morgan fingerprint density at radius 3 is 2.21 bits per heavy atom. The third kappa shape index (κ3) is 8.86. The summed E-state index contributed by atoms with van der Waals surface area (Å²) in [5.41, 5.74) is 1.16. The Kier molecular flexibility index (Phi) is 13.3. The van der Waals surface area contributed by atoms with Gasteiger partial charge in [0, 0.05) is 19.6 Å². The van der Waals surface area contributed by atoms with Crippen molar-refractivity contribution in [3.8, 4) is 11.5 Å². The smallest absolute Gasteiger partial charge is 0.191 e. The summed E-state index contributed by atoms with van der Waals surface area (Å²) in [7, 11) is 9.27. The lowest BCUT2D eigenvalue weighted by Crippen LogP contribution is -2.45. The van der Waals surface area contributed by atoms with E-state index >= 15 is 0 Å². The molecular weight excluding hydrogens is 467 g/mol. The van der Waals surface area contributed by atoms with Crippen LogP contribution in [0.15, 0.2) is 23.2 Å². The minimum Gasteiger partial charge on any atom is -0.493 e. The molecule has 0 amide bonds. The van der Waals surface area contributed by atoms with Crippen LogP contribution in [0.4, 0.5) is 0 Å². The summed E-state index contributed by atoms with van der Waals surface area (Å²) in [4.78, 5) is 6.56. The highest BCUT2D eigenvalue weighted by Gasteiger charge is 2.17. The number of benzene rings is 1. The standard InChI is InChI=1S/C21H38N4O2.HI/c1-15(2)9-10-16(3)24-21(22-4)23-14-18(25(5)6)17-11-12-19(26-7)20(13-17)27-8;/h11-13,15-16,18H,9-10,14H2,1-8H3,(H2,22,23,24);1H. The van der Waals surface area contributed by atoms with E-state index in [-0.39, 0.29) is 30.0 Å². The van der Waals surface area contributed by atoms with Crippen molar-refractivity contribution in [3.05, 3.63) is 23.8 Å². The Labute approximate surface area is 188 Å². The highest BCUT2D eigenvalue weighted by Crippen LogP contribution is 2.31. The molecule has 0 heterocycles. The first kappa shape index (κ1) is 26.8. The number of halogens is 1. The predicted molar refractivity (Wildman–Crippen MR) is 129 cm³/mol. The number of rotatable bonds is 10. The van der Waals surface area contributed by atoms with Crippen molar-refractivity contribution in [2.45, 2.75) is 45.7 Å². The van der Waals surface area contributed by atoms with Gasteiger partial charge in [-0.05, 0) is 57.5 Å². The van der Waals surface area contributed by atoms with E-state index in [2.05, 4.69) is 61.5 Å². The maximum atomic E-state index is 5.45. The molecule has 0 saturated heterocycles. The number of ether oxygens (including phenoxy) is 2. The maximum Gasteiger partial charge on any atom is 0.191 e. The average molecular weight is 506 g/mol. The van der Waals surface area contributed by atoms with Gasteiger partial charge in [-0.2, -0.15) is 0 Å². The van der Waals surface area contributed by atoms with Crippen LogP contribution in [-0.2, 0) is 0 Å². The average Bonchev–Trinajstić information content (AvgIpc) is 2.64. The first-order valence-corrected chi connectivity index (χ1v) is 9.67. The maximum absolute atomic E-state index is 5.45. The highest BCUT2D eigenvalue weighted by atomic mass is 127. The van der Waals surface area contributed by atoms with Crippen LogP contribution in [0.3, 0.4) is 0 Å². The zero-order chi connectivity index (χ0) is 20.4. The van der Waals surface area contributed by atoms with Gasteiger partial charge < -0.3 is 25.0 Å². The minimum atomic E-state index is 0. The number of methoxy groups -OCH3 is 2. The van der Waals surface area contributed by atoms with E-state index in [0.29, 0.717) is 12.0 Å². The second kappa shape index (κ2) is 13.9. The van der Waals surface area contributed by atoms with E-state index in [0.717, 1.165) is 36.0 Å². The van der Waals surface area contributed by atoms with Crippen molar-refractivity contribution < 1.29 is 9.47 Å². The van der Waals surface area contributed by atoms with Gasteiger partial charge in [0.2, 0.25) is 0 Å². The van der Waals surface area contributed by atoms with Crippen LogP contribution in [0.5, 0.6) is 11.5 Å². The van der Waals surface area contributed by atoms with Crippen molar-refractivity contribution in [3.63, 3.8) is 0 Å². The van der Waals surface area contributed by atoms with E-state index in [1.807, 2.05) is 19.2 Å². The summed E-state index contributed by atoms with van der Waals surface area (Å²) in [5.74, 6) is 3.03. The third-order valence-corrected chi connectivity index (χ3v) is 4.66. The van der Waals surface area contributed by atoms with Crippen molar-refractivity contribution in [1.29, 1.82) is 0 Å². The van der Waals surface area contributed by atoms with Crippen LogP contribution in [0.1, 0.15) is 45.2 Å².